The third-order valence-corrected chi connectivity index (χ3v) is 2.64. The van der Waals surface area contributed by atoms with E-state index in [2.05, 4.69) is 34.4 Å². The van der Waals surface area contributed by atoms with Crippen LogP contribution >= 0.6 is 0 Å². The van der Waals surface area contributed by atoms with Gasteiger partial charge in [-0.15, -0.1) is 0 Å². The second-order valence-electron chi connectivity index (χ2n) is 4.75. The maximum absolute atomic E-state index is 11.3. The molecule has 0 aliphatic carbocycles. The molecule has 0 spiro atoms. The van der Waals surface area contributed by atoms with Crippen LogP contribution in [0.2, 0.25) is 0 Å². The molecule has 102 valence electrons. The third-order valence-electron chi connectivity index (χ3n) is 2.64. The van der Waals surface area contributed by atoms with Crippen LogP contribution in [0.15, 0.2) is 12.4 Å². The predicted octanol–water partition coefficient (Wildman–Crippen LogP) is -0.563. The number of hydrogen-bond acceptors (Lipinski definition) is 6. The van der Waals surface area contributed by atoms with E-state index >= 15 is 0 Å². The maximum atomic E-state index is 11.3. The molecule has 2 heterocycles. The lowest BCUT2D eigenvalue weighted by Gasteiger charge is -2.25. The molecule has 0 bridgehead atoms. The number of amides is 2. The van der Waals surface area contributed by atoms with Crippen LogP contribution in [-0.2, 0) is 16.1 Å². The van der Waals surface area contributed by atoms with Gasteiger partial charge in [0, 0.05) is 30.5 Å². The maximum Gasteiger partial charge on any atom is 0.246 e. The van der Waals surface area contributed by atoms with Crippen molar-refractivity contribution in [2.45, 2.75) is 26.4 Å². The van der Waals surface area contributed by atoms with Crippen molar-refractivity contribution in [3.8, 4) is 0 Å². The van der Waals surface area contributed by atoms with Gasteiger partial charge in [0.1, 0.15) is 13.1 Å². The molecule has 2 rings (SSSR count). The Morgan fingerprint density at radius 1 is 1.26 bits per heavy atom. The van der Waals surface area contributed by atoms with E-state index in [4.69, 9.17) is 0 Å². The molecule has 1 saturated heterocycles. The zero-order chi connectivity index (χ0) is 13.8. The number of carbonyl (C=O) groups is 2. The molecular weight excluding hydrogens is 246 g/mol. The lowest BCUT2D eigenvalue weighted by atomic mass is 10.3. The third kappa shape index (κ3) is 3.72. The number of hydrogen-bond donors (Lipinski definition) is 2. The Morgan fingerprint density at radius 3 is 2.37 bits per heavy atom. The molecule has 0 atom stereocenters. The summed E-state index contributed by atoms with van der Waals surface area (Å²) in [6.45, 7) is 5.03. The fourth-order valence-electron chi connectivity index (χ4n) is 1.70. The fraction of sp³-hybridized carbons (Fsp3) is 0.500. The minimum atomic E-state index is -0.328. The second-order valence-corrected chi connectivity index (χ2v) is 4.75. The largest absolute Gasteiger partial charge is 0.322 e. The number of aromatic nitrogens is 2. The van der Waals surface area contributed by atoms with Crippen molar-refractivity contribution in [3.05, 3.63) is 18.0 Å². The van der Waals surface area contributed by atoms with E-state index in [-0.39, 0.29) is 24.9 Å². The highest BCUT2D eigenvalue weighted by Crippen LogP contribution is 2.08. The Balaban J connectivity index is 2.01. The number of piperazine rings is 1. The normalized spacial score (nSPS) is 15.8. The predicted molar refractivity (Wildman–Crippen MR) is 69.4 cm³/mol. The summed E-state index contributed by atoms with van der Waals surface area (Å²) in [5, 5.41) is 5.50. The van der Waals surface area contributed by atoms with Gasteiger partial charge >= 0.3 is 0 Å². The number of anilines is 1. The van der Waals surface area contributed by atoms with E-state index in [0.29, 0.717) is 18.5 Å². The van der Waals surface area contributed by atoms with E-state index in [9.17, 15) is 9.59 Å². The van der Waals surface area contributed by atoms with Crippen LogP contribution in [0.1, 0.15) is 19.4 Å². The van der Waals surface area contributed by atoms with E-state index in [1.165, 1.54) is 0 Å². The molecule has 2 amide bonds. The molecular formula is C12H17N5O2. The standard InChI is InChI=1S/C12H17N5O2/c1-8(2)13-3-9-4-14-12(15-5-9)17-6-10(18)16-11(19)7-17/h4-5,8,13H,3,6-7H2,1-2H3,(H,16,18,19). The Hall–Kier alpha value is -2.02. The SMILES string of the molecule is CC(C)NCc1cnc(N2CC(=O)NC(=O)C2)nc1. The zero-order valence-electron chi connectivity index (χ0n) is 11.0. The van der Waals surface area contributed by atoms with E-state index in [0.717, 1.165) is 5.56 Å². The smallest absolute Gasteiger partial charge is 0.246 e. The van der Waals surface area contributed by atoms with Crippen molar-refractivity contribution in [3.63, 3.8) is 0 Å². The lowest BCUT2D eigenvalue weighted by molar-refractivity contribution is -0.130. The first-order valence-electron chi connectivity index (χ1n) is 6.16. The summed E-state index contributed by atoms with van der Waals surface area (Å²) in [6, 6.07) is 0.392. The van der Waals surface area contributed by atoms with E-state index in [1.807, 2.05) is 0 Å². The first-order chi connectivity index (χ1) is 9.04. The number of rotatable bonds is 4. The summed E-state index contributed by atoms with van der Waals surface area (Å²) in [6.07, 6.45) is 3.41. The summed E-state index contributed by atoms with van der Waals surface area (Å²) in [4.78, 5) is 32.5. The Morgan fingerprint density at radius 2 is 1.84 bits per heavy atom. The highest BCUT2D eigenvalue weighted by Gasteiger charge is 2.24. The fourth-order valence-corrected chi connectivity index (χ4v) is 1.70. The van der Waals surface area contributed by atoms with Crippen molar-refractivity contribution in [1.82, 2.24) is 20.6 Å². The van der Waals surface area contributed by atoms with Crippen molar-refractivity contribution in [2.24, 2.45) is 0 Å². The van der Waals surface area contributed by atoms with Crippen LogP contribution in [0.3, 0.4) is 0 Å². The number of nitrogens with one attached hydrogen (secondary N) is 2. The molecule has 0 aromatic carbocycles. The number of imide groups is 1. The van der Waals surface area contributed by atoms with Crippen LogP contribution < -0.4 is 15.5 Å². The second kappa shape index (κ2) is 5.75. The van der Waals surface area contributed by atoms with Gasteiger partial charge < -0.3 is 10.2 Å². The summed E-state index contributed by atoms with van der Waals surface area (Å²) in [5.74, 6) is -0.257. The molecule has 1 aromatic rings. The van der Waals surface area contributed by atoms with Crippen molar-refractivity contribution >= 4 is 17.8 Å². The number of nitrogens with zero attached hydrogens (tertiary/aromatic N) is 3. The van der Waals surface area contributed by atoms with Crippen LogP contribution in [0.25, 0.3) is 0 Å². The van der Waals surface area contributed by atoms with Crippen LogP contribution in [0.4, 0.5) is 5.95 Å². The van der Waals surface area contributed by atoms with Crippen LogP contribution in [-0.4, -0.2) is 40.9 Å². The van der Waals surface area contributed by atoms with E-state index in [1.54, 1.807) is 17.3 Å². The Kier molecular flexibility index (Phi) is 4.06. The van der Waals surface area contributed by atoms with Gasteiger partial charge in [0.25, 0.3) is 0 Å². The summed E-state index contributed by atoms with van der Waals surface area (Å²) >= 11 is 0. The molecule has 19 heavy (non-hydrogen) atoms. The first kappa shape index (κ1) is 13.4. The molecule has 1 fully saturated rings. The van der Waals surface area contributed by atoms with Crippen LogP contribution in [0.5, 0.6) is 0 Å². The first-order valence-corrected chi connectivity index (χ1v) is 6.16. The van der Waals surface area contributed by atoms with Crippen molar-refractivity contribution in [2.75, 3.05) is 18.0 Å². The molecule has 0 unspecified atom stereocenters. The molecule has 1 aliphatic heterocycles. The molecule has 0 radical (unpaired) electrons. The summed E-state index contributed by atoms with van der Waals surface area (Å²) in [5.41, 5.74) is 0.963. The van der Waals surface area contributed by atoms with Gasteiger partial charge in [-0.2, -0.15) is 0 Å². The summed E-state index contributed by atoms with van der Waals surface area (Å²) in [7, 11) is 0. The zero-order valence-corrected chi connectivity index (χ0v) is 11.0. The lowest BCUT2D eigenvalue weighted by Crippen LogP contribution is -2.52. The van der Waals surface area contributed by atoms with Gasteiger partial charge in [0.05, 0.1) is 0 Å². The van der Waals surface area contributed by atoms with Gasteiger partial charge in [-0.1, -0.05) is 13.8 Å². The summed E-state index contributed by atoms with van der Waals surface area (Å²) < 4.78 is 0. The quantitative estimate of drug-likeness (QED) is 0.708. The minimum Gasteiger partial charge on any atom is -0.322 e. The molecule has 1 aromatic heterocycles. The van der Waals surface area contributed by atoms with Gasteiger partial charge in [0.2, 0.25) is 17.8 Å². The molecule has 1 aliphatic rings. The van der Waals surface area contributed by atoms with Crippen molar-refractivity contribution < 1.29 is 9.59 Å². The molecule has 7 heteroatoms. The average Bonchev–Trinajstić information content (AvgIpc) is 2.36. The highest BCUT2D eigenvalue weighted by molar-refractivity contribution is 6.02. The average molecular weight is 263 g/mol. The van der Waals surface area contributed by atoms with Gasteiger partial charge in [-0.25, -0.2) is 9.97 Å². The monoisotopic (exact) mass is 263 g/mol. The molecule has 0 saturated carbocycles. The van der Waals surface area contributed by atoms with E-state index < -0.39 is 0 Å². The van der Waals surface area contributed by atoms with Crippen molar-refractivity contribution in [1.29, 1.82) is 0 Å². The van der Waals surface area contributed by atoms with Gasteiger partial charge in [-0.3, -0.25) is 14.9 Å². The molecule has 7 nitrogen and oxygen atoms in total. The van der Waals surface area contributed by atoms with Gasteiger partial charge in [-0.05, 0) is 0 Å². The topological polar surface area (TPSA) is 87.2 Å². The Labute approximate surface area is 111 Å². The Bertz CT molecular complexity index is 456. The van der Waals surface area contributed by atoms with Crippen LogP contribution in [0, 0.1) is 0 Å². The van der Waals surface area contributed by atoms with Gasteiger partial charge in [0.15, 0.2) is 0 Å². The highest BCUT2D eigenvalue weighted by atomic mass is 16.2. The number of carbonyl (C=O) groups excluding carboxylic acids is 2. The minimum absolute atomic E-state index is 0.106. The molecule has 2 N–H and O–H groups in total.